The average molecular weight is 452 g/mol. The first-order chi connectivity index (χ1) is 16.3. The third-order valence-corrected chi connectivity index (χ3v) is 6.49. The van der Waals surface area contributed by atoms with Crippen LogP contribution in [-0.2, 0) is 0 Å². The standard InChI is InChI=1S/C30H31N2O2/c1-22(2)24-10-16-28(17-11-24)32(27-8-6-5-7-9-27,29-18-12-25(13-19-29)23(3)4)30-20-14-26(15-21-30)31(33)34/h5-23H,1-4H3/q+1. The molecular formula is C30H31N2O2+. The summed E-state index contributed by atoms with van der Waals surface area (Å²) in [6, 6.07) is 34.7. The van der Waals surface area contributed by atoms with Gasteiger partial charge in [0, 0.05) is 60.7 Å². The predicted molar refractivity (Wildman–Crippen MR) is 141 cm³/mol. The number of nitro benzene ring substituents is 1. The Morgan fingerprint density at radius 1 is 0.559 bits per heavy atom. The molecule has 0 heterocycles. The van der Waals surface area contributed by atoms with Crippen molar-refractivity contribution in [1.29, 1.82) is 0 Å². The molecule has 0 atom stereocenters. The van der Waals surface area contributed by atoms with E-state index in [1.807, 2.05) is 30.3 Å². The molecule has 0 saturated heterocycles. The number of hydrogen-bond acceptors (Lipinski definition) is 2. The molecule has 0 radical (unpaired) electrons. The summed E-state index contributed by atoms with van der Waals surface area (Å²) < 4.78 is 0.329. The average Bonchev–Trinajstić information content (AvgIpc) is 2.86. The van der Waals surface area contributed by atoms with Crippen LogP contribution in [0.2, 0.25) is 0 Å². The van der Waals surface area contributed by atoms with Gasteiger partial charge in [0.15, 0.2) is 0 Å². The van der Waals surface area contributed by atoms with Crippen molar-refractivity contribution < 1.29 is 4.92 Å². The van der Waals surface area contributed by atoms with Crippen molar-refractivity contribution in [2.24, 2.45) is 0 Å². The number of quaternary nitrogens is 1. The zero-order valence-corrected chi connectivity index (χ0v) is 20.2. The maximum atomic E-state index is 11.4. The lowest BCUT2D eigenvalue weighted by atomic mass is 9.99. The highest BCUT2D eigenvalue weighted by atomic mass is 16.6. The predicted octanol–water partition coefficient (Wildman–Crippen LogP) is 9.14. The van der Waals surface area contributed by atoms with Gasteiger partial charge in [0.1, 0.15) is 22.7 Å². The highest BCUT2D eigenvalue weighted by Crippen LogP contribution is 2.51. The second-order valence-corrected chi connectivity index (χ2v) is 9.27. The lowest BCUT2D eigenvalue weighted by Gasteiger charge is -2.37. The Labute approximate surface area is 201 Å². The number of nitrogens with zero attached hydrogens (tertiary/aromatic N) is 2. The van der Waals surface area contributed by atoms with Crippen molar-refractivity contribution >= 4 is 28.4 Å². The van der Waals surface area contributed by atoms with E-state index in [1.54, 1.807) is 12.1 Å². The monoisotopic (exact) mass is 451 g/mol. The van der Waals surface area contributed by atoms with Crippen LogP contribution in [0.4, 0.5) is 28.4 Å². The Kier molecular flexibility index (Phi) is 6.62. The van der Waals surface area contributed by atoms with Gasteiger partial charge in [-0.25, -0.2) is 0 Å². The van der Waals surface area contributed by atoms with Gasteiger partial charge in [-0.3, -0.25) is 10.1 Å². The molecule has 0 amide bonds. The lowest BCUT2D eigenvalue weighted by molar-refractivity contribution is -0.384. The maximum Gasteiger partial charge on any atom is 0.269 e. The van der Waals surface area contributed by atoms with E-state index in [9.17, 15) is 10.1 Å². The van der Waals surface area contributed by atoms with Crippen molar-refractivity contribution in [3.8, 4) is 0 Å². The van der Waals surface area contributed by atoms with Crippen LogP contribution in [0.25, 0.3) is 0 Å². The molecule has 0 saturated carbocycles. The second kappa shape index (κ2) is 9.62. The Morgan fingerprint density at radius 3 is 1.26 bits per heavy atom. The summed E-state index contributed by atoms with van der Waals surface area (Å²) in [6.45, 7) is 8.76. The van der Waals surface area contributed by atoms with Gasteiger partial charge in [-0.2, -0.15) is 4.48 Å². The molecule has 0 N–H and O–H groups in total. The molecule has 0 unspecified atom stereocenters. The van der Waals surface area contributed by atoms with Crippen LogP contribution in [-0.4, -0.2) is 4.92 Å². The Hall–Kier alpha value is -3.76. The normalized spacial score (nSPS) is 11.7. The second-order valence-electron chi connectivity index (χ2n) is 9.27. The molecule has 0 aliphatic heterocycles. The molecule has 34 heavy (non-hydrogen) atoms. The van der Waals surface area contributed by atoms with Crippen molar-refractivity contribution in [3.63, 3.8) is 0 Å². The molecule has 4 heteroatoms. The number of nitro groups is 1. The van der Waals surface area contributed by atoms with Crippen LogP contribution in [0, 0.1) is 10.1 Å². The maximum absolute atomic E-state index is 11.4. The summed E-state index contributed by atoms with van der Waals surface area (Å²) in [5, 5.41) is 11.4. The lowest BCUT2D eigenvalue weighted by Crippen LogP contribution is -2.33. The van der Waals surface area contributed by atoms with Crippen LogP contribution in [0.3, 0.4) is 0 Å². The Balaban J connectivity index is 2.05. The Bertz CT molecular complexity index is 1190. The van der Waals surface area contributed by atoms with Crippen molar-refractivity contribution in [2.45, 2.75) is 39.5 Å². The summed E-state index contributed by atoms with van der Waals surface area (Å²) >= 11 is 0. The molecule has 0 aliphatic rings. The Morgan fingerprint density at radius 2 is 0.912 bits per heavy atom. The molecule has 0 aliphatic carbocycles. The minimum atomic E-state index is -0.351. The molecule has 0 aromatic heterocycles. The fourth-order valence-electron chi connectivity index (χ4n) is 4.51. The van der Waals surface area contributed by atoms with Gasteiger partial charge in [-0.1, -0.05) is 70.2 Å². The molecule has 4 aromatic rings. The molecule has 4 rings (SSSR count). The minimum Gasteiger partial charge on any atom is -0.258 e. The van der Waals surface area contributed by atoms with E-state index >= 15 is 0 Å². The number of non-ortho nitro benzene ring substituents is 1. The van der Waals surface area contributed by atoms with Crippen LogP contribution < -0.4 is 4.48 Å². The van der Waals surface area contributed by atoms with E-state index in [1.165, 1.54) is 11.1 Å². The summed E-state index contributed by atoms with van der Waals surface area (Å²) in [7, 11) is 0. The SMILES string of the molecule is CC(C)c1ccc([N+](c2ccccc2)(c2ccc(C(C)C)cc2)c2ccc([N+](=O)[O-])cc2)cc1. The van der Waals surface area contributed by atoms with Gasteiger partial charge < -0.3 is 0 Å². The smallest absolute Gasteiger partial charge is 0.258 e. The number of rotatable bonds is 7. The van der Waals surface area contributed by atoms with Gasteiger partial charge in [-0.05, 0) is 23.0 Å². The molecule has 0 bridgehead atoms. The van der Waals surface area contributed by atoms with Crippen molar-refractivity contribution in [1.82, 2.24) is 4.48 Å². The van der Waals surface area contributed by atoms with Crippen molar-refractivity contribution in [2.75, 3.05) is 0 Å². The quantitative estimate of drug-likeness (QED) is 0.160. The zero-order chi connectivity index (χ0) is 24.3. The zero-order valence-electron chi connectivity index (χ0n) is 20.2. The van der Waals surface area contributed by atoms with E-state index in [4.69, 9.17) is 0 Å². The fraction of sp³-hybridized carbons (Fsp3) is 0.200. The minimum absolute atomic E-state index is 0.0835. The summed E-state index contributed by atoms with van der Waals surface area (Å²) in [5.41, 5.74) is 6.77. The van der Waals surface area contributed by atoms with E-state index in [0.29, 0.717) is 16.3 Å². The van der Waals surface area contributed by atoms with Gasteiger partial charge in [0.25, 0.3) is 5.69 Å². The topological polar surface area (TPSA) is 43.1 Å². The summed E-state index contributed by atoms with van der Waals surface area (Å²) in [4.78, 5) is 11.0. The van der Waals surface area contributed by atoms with Crippen molar-refractivity contribution in [3.05, 3.63) is 124 Å². The number of benzene rings is 4. The molecule has 0 fully saturated rings. The van der Waals surface area contributed by atoms with Gasteiger partial charge in [0.05, 0.1) is 4.92 Å². The summed E-state index contributed by atoms with van der Waals surface area (Å²) in [6.07, 6.45) is 0. The van der Waals surface area contributed by atoms with Gasteiger partial charge in [-0.15, -0.1) is 0 Å². The van der Waals surface area contributed by atoms with E-state index in [0.717, 1.165) is 22.7 Å². The summed E-state index contributed by atoms with van der Waals surface area (Å²) in [5.74, 6) is 0.856. The third kappa shape index (κ3) is 4.25. The van der Waals surface area contributed by atoms with Crippen LogP contribution in [0.1, 0.15) is 50.7 Å². The third-order valence-electron chi connectivity index (χ3n) is 6.49. The molecule has 0 spiro atoms. The van der Waals surface area contributed by atoms with Crippen LogP contribution in [0.5, 0.6) is 0 Å². The first-order valence-corrected chi connectivity index (χ1v) is 11.7. The van der Waals surface area contributed by atoms with E-state index in [2.05, 4.69) is 88.4 Å². The van der Waals surface area contributed by atoms with Crippen LogP contribution >= 0.6 is 0 Å². The van der Waals surface area contributed by atoms with E-state index in [-0.39, 0.29) is 10.6 Å². The fourth-order valence-corrected chi connectivity index (χ4v) is 4.51. The molecule has 4 nitrogen and oxygen atoms in total. The first kappa shape index (κ1) is 23.4. The first-order valence-electron chi connectivity index (χ1n) is 11.7. The number of para-hydroxylation sites is 1. The van der Waals surface area contributed by atoms with Crippen LogP contribution in [0.15, 0.2) is 103 Å². The van der Waals surface area contributed by atoms with E-state index < -0.39 is 0 Å². The molecular weight excluding hydrogens is 420 g/mol. The molecule has 4 aromatic carbocycles. The molecule has 172 valence electrons. The van der Waals surface area contributed by atoms with Gasteiger partial charge >= 0.3 is 0 Å². The highest BCUT2D eigenvalue weighted by molar-refractivity contribution is 5.82. The largest absolute Gasteiger partial charge is 0.269 e. The highest BCUT2D eigenvalue weighted by Gasteiger charge is 2.39. The number of hydrogen-bond donors (Lipinski definition) is 0. The van der Waals surface area contributed by atoms with Gasteiger partial charge in [0.2, 0.25) is 0 Å².